The number of halogens is 1. The molecule has 0 radical (unpaired) electrons. The molecule has 88 valence electrons. The van der Waals surface area contributed by atoms with Crippen molar-refractivity contribution >= 4 is 11.6 Å². The molecule has 0 amide bonds. The van der Waals surface area contributed by atoms with Crippen LogP contribution in [0.25, 0.3) is 0 Å². The third-order valence-electron chi connectivity index (χ3n) is 2.89. The molecule has 0 spiro atoms. The van der Waals surface area contributed by atoms with Gasteiger partial charge in [-0.05, 0) is 18.9 Å². The van der Waals surface area contributed by atoms with Gasteiger partial charge in [-0.3, -0.25) is 0 Å². The summed E-state index contributed by atoms with van der Waals surface area (Å²) in [5.41, 5.74) is 1.08. The molecule has 0 atom stereocenters. The van der Waals surface area contributed by atoms with E-state index in [1.165, 1.54) is 0 Å². The highest BCUT2D eigenvalue weighted by atomic mass is 35.5. The quantitative estimate of drug-likeness (QED) is 0.745. The Morgan fingerprint density at radius 1 is 1.31 bits per heavy atom. The van der Waals surface area contributed by atoms with Gasteiger partial charge in [0.1, 0.15) is 11.0 Å². The van der Waals surface area contributed by atoms with Gasteiger partial charge in [0.05, 0.1) is 0 Å². The lowest BCUT2D eigenvalue weighted by Crippen LogP contribution is -2.16. The number of hydrogen-bond acceptors (Lipinski definition) is 3. The monoisotopic (exact) mass is 240 g/mol. The summed E-state index contributed by atoms with van der Waals surface area (Å²) < 4.78 is 5.35. The second-order valence-electron chi connectivity index (χ2n) is 4.52. The van der Waals surface area contributed by atoms with Crippen LogP contribution in [0.3, 0.4) is 0 Å². The van der Waals surface area contributed by atoms with Crippen molar-refractivity contribution in [1.82, 2.24) is 9.97 Å². The van der Waals surface area contributed by atoms with Crippen molar-refractivity contribution in [3.8, 4) is 0 Å². The zero-order chi connectivity index (χ0) is 11.5. The van der Waals surface area contributed by atoms with E-state index >= 15 is 0 Å². The molecule has 4 heteroatoms. The number of aromatic nitrogens is 2. The van der Waals surface area contributed by atoms with Crippen LogP contribution in [0, 0.1) is 0 Å². The van der Waals surface area contributed by atoms with Crippen molar-refractivity contribution in [2.24, 2.45) is 0 Å². The number of ether oxygens (including phenoxy) is 1. The summed E-state index contributed by atoms with van der Waals surface area (Å²) in [7, 11) is 0. The summed E-state index contributed by atoms with van der Waals surface area (Å²) >= 11 is 6.03. The van der Waals surface area contributed by atoms with E-state index in [2.05, 4.69) is 23.8 Å². The average molecular weight is 241 g/mol. The van der Waals surface area contributed by atoms with Gasteiger partial charge in [-0.15, -0.1) is 0 Å². The maximum absolute atomic E-state index is 6.03. The van der Waals surface area contributed by atoms with Gasteiger partial charge in [-0.1, -0.05) is 25.4 Å². The van der Waals surface area contributed by atoms with Gasteiger partial charge in [-0.2, -0.15) is 0 Å². The SMILES string of the molecule is CC(C)c1nc(Cl)cc(C2CCOCC2)n1. The Labute approximate surface area is 101 Å². The molecule has 1 fully saturated rings. The first kappa shape index (κ1) is 11.8. The Balaban J connectivity index is 2.25. The molecule has 0 bridgehead atoms. The first-order valence-electron chi connectivity index (χ1n) is 5.79. The van der Waals surface area contributed by atoms with Crippen LogP contribution in [0.2, 0.25) is 5.15 Å². The maximum atomic E-state index is 6.03. The highest BCUT2D eigenvalue weighted by Gasteiger charge is 2.19. The minimum absolute atomic E-state index is 0.317. The molecular formula is C12H17ClN2O. The zero-order valence-corrected chi connectivity index (χ0v) is 10.5. The van der Waals surface area contributed by atoms with E-state index in [0.717, 1.165) is 37.6 Å². The van der Waals surface area contributed by atoms with Gasteiger partial charge in [0, 0.05) is 30.7 Å². The van der Waals surface area contributed by atoms with E-state index in [1.54, 1.807) is 0 Å². The minimum atomic E-state index is 0.317. The first-order valence-corrected chi connectivity index (χ1v) is 6.16. The van der Waals surface area contributed by atoms with E-state index < -0.39 is 0 Å². The average Bonchev–Trinajstić information content (AvgIpc) is 2.29. The molecule has 2 rings (SSSR count). The van der Waals surface area contributed by atoms with Crippen molar-refractivity contribution in [3.05, 3.63) is 22.7 Å². The summed E-state index contributed by atoms with van der Waals surface area (Å²) in [6, 6.07) is 1.89. The third-order valence-corrected chi connectivity index (χ3v) is 3.08. The maximum Gasteiger partial charge on any atom is 0.133 e. The summed E-state index contributed by atoms with van der Waals surface area (Å²) in [4.78, 5) is 8.86. The van der Waals surface area contributed by atoms with Crippen LogP contribution >= 0.6 is 11.6 Å². The lowest BCUT2D eigenvalue weighted by molar-refractivity contribution is 0.0844. The van der Waals surface area contributed by atoms with Crippen molar-refractivity contribution in [3.63, 3.8) is 0 Å². The third kappa shape index (κ3) is 2.71. The second kappa shape index (κ2) is 5.11. The lowest BCUT2D eigenvalue weighted by atomic mass is 9.96. The Hall–Kier alpha value is -0.670. The molecular weight excluding hydrogens is 224 g/mol. The van der Waals surface area contributed by atoms with Crippen LogP contribution in [-0.2, 0) is 4.74 Å². The molecule has 1 aliphatic rings. The van der Waals surface area contributed by atoms with E-state index in [0.29, 0.717) is 17.0 Å². The normalized spacial score (nSPS) is 18.0. The summed E-state index contributed by atoms with van der Waals surface area (Å²) in [6.07, 6.45) is 2.07. The molecule has 16 heavy (non-hydrogen) atoms. The van der Waals surface area contributed by atoms with Gasteiger partial charge in [0.25, 0.3) is 0 Å². The van der Waals surface area contributed by atoms with Gasteiger partial charge < -0.3 is 4.74 Å². The standard InChI is InChI=1S/C12H17ClN2O/c1-8(2)12-14-10(7-11(13)15-12)9-3-5-16-6-4-9/h7-9H,3-6H2,1-2H3. The van der Waals surface area contributed by atoms with E-state index in [4.69, 9.17) is 16.3 Å². The predicted octanol–water partition coefficient (Wildman–Crippen LogP) is 3.15. The summed E-state index contributed by atoms with van der Waals surface area (Å²) in [5, 5.41) is 0.556. The Kier molecular flexibility index (Phi) is 3.77. The topological polar surface area (TPSA) is 35.0 Å². The van der Waals surface area contributed by atoms with E-state index in [9.17, 15) is 0 Å². The Bertz CT molecular complexity index is 362. The second-order valence-corrected chi connectivity index (χ2v) is 4.90. The molecule has 1 saturated heterocycles. The van der Waals surface area contributed by atoms with Gasteiger partial charge in [0.15, 0.2) is 0 Å². The number of hydrogen-bond donors (Lipinski definition) is 0. The van der Waals surface area contributed by atoms with Gasteiger partial charge >= 0.3 is 0 Å². The van der Waals surface area contributed by atoms with Crippen LogP contribution in [0.5, 0.6) is 0 Å². The van der Waals surface area contributed by atoms with Crippen molar-refractivity contribution in [2.45, 2.75) is 38.5 Å². The number of rotatable bonds is 2. The van der Waals surface area contributed by atoms with Crippen LogP contribution in [0.4, 0.5) is 0 Å². The molecule has 0 aromatic carbocycles. The highest BCUT2D eigenvalue weighted by molar-refractivity contribution is 6.29. The Morgan fingerprint density at radius 2 is 2.00 bits per heavy atom. The largest absolute Gasteiger partial charge is 0.381 e. The molecule has 1 aliphatic heterocycles. The van der Waals surface area contributed by atoms with Crippen molar-refractivity contribution in [1.29, 1.82) is 0 Å². The molecule has 0 N–H and O–H groups in total. The first-order chi connectivity index (χ1) is 7.66. The fraction of sp³-hybridized carbons (Fsp3) is 0.667. The van der Waals surface area contributed by atoms with Crippen molar-refractivity contribution in [2.75, 3.05) is 13.2 Å². The molecule has 1 aromatic heterocycles. The zero-order valence-electron chi connectivity index (χ0n) is 9.74. The lowest BCUT2D eigenvalue weighted by Gasteiger charge is -2.22. The molecule has 0 saturated carbocycles. The number of nitrogens with zero attached hydrogens (tertiary/aromatic N) is 2. The fourth-order valence-electron chi connectivity index (χ4n) is 1.91. The molecule has 1 aromatic rings. The van der Waals surface area contributed by atoms with E-state index in [-0.39, 0.29) is 0 Å². The fourth-order valence-corrected chi connectivity index (χ4v) is 2.11. The van der Waals surface area contributed by atoms with Crippen LogP contribution < -0.4 is 0 Å². The van der Waals surface area contributed by atoms with E-state index in [1.807, 2.05) is 6.07 Å². The van der Waals surface area contributed by atoms with Crippen LogP contribution in [-0.4, -0.2) is 23.2 Å². The Morgan fingerprint density at radius 3 is 2.62 bits per heavy atom. The molecule has 2 heterocycles. The van der Waals surface area contributed by atoms with Gasteiger partial charge in [-0.25, -0.2) is 9.97 Å². The smallest absolute Gasteiger partial charge is 0.133 e. The van der Waals surface area contributed by atoms with Crippen LogP contribution in [0.15, 0.2) is 6.07 Å². The molecule has 0 unspecified atom stereocenters. The van der Waals surface area contributed by atoms with Crippen LogP contribution in [0.1, 0.15) is 50.0 Å². The summed E-state index contributed by atoms with van der Waals surface area (Å²) in [6.45, 7) is 5.81. The molecule has 3 nitrogen and oxygen atoms in total. The highest BCUT2D eigenvalue weighted by Crippen LogP contribution is 2.27. The predicted molar refractivity (Wildman–Crippen MR) is 63.9 cm³/mol. The minimum Gasteiger partial charge on any atom is -0.381 e. The molecule has 0 aliphatic carbocycles. The summed E-state index contributed by atoms with van der Waals surface area (Å²) in [5.74, 6) is 1.64. The van der Waals surface area contributed by atoms with Gasteiger partial charge in [0.2, 0.25) is 0 Å². The van der Waals surface area contributed by atoms with Crippen molar-refractivity contribution < 1.29 is 4.74 Å².